The zero-order valence-electron chi connectivity index (χ0n) is 13.3. The number of hydrogen-bond donors (Lipinski definition) is 1. The molecule has 22 heavy (non-hydrogen) atoms. The second-order valence-corrected chi connectivity index (χ2v) is 5.99. The van der Waals surface area contributed by atoms with Gasteiger partial charge in [0.15, 0.2) is 11.5 Å². The van der Waals surface area contributed by atoms with Crippen LogP contribution in [0.25, 0.3) is 0 Å². The zero-order chi connectivity index (χ0) is 15.5. The Bertz CT molecular complexity index is 541. The molecule has 1 N–H and O–H groups in total. The summed E-state index contributed by atoms with van der Waals surface area (Å²) in [6.07, 6.45) is 3.03. The van der Waals surface area contributed by atoms with Crippen LogP contribution in [0.1, 0.15) is 30.9 Å². The molecule has 5 nitrogen and oxygen atoms in total. The van der Waals surface area contributed by atoms with E-state index in [2.05, 4.69) is 10.2 Å². The largest absolute Gasteiger partial charge is 0.493 e. The molecule has 1 aromatic rings. The van der Waals surface area contributed by atoms with E-state index in [9.17, 15) is 4.79 Å². The summed E-state index contributed by atoms with van der Waals surface area (Å²) in [5.74, 6) is 1.88. The van der Waals surface area contributed by atoms with E-state index in [-0.39, 0.29) is 12.0 Å². The van der Waals surface area contributed by atoms with Crippen molar-refractivity contribution in [2.45, 2.75) is 25.3 Å². The molecule has 0 aliphatic carbocycles. The molecule has 120 valence electrons. The van der Waals surface area contributed by atoms with E-state index < -0.39 is 0 Å². The zero-order valence-corrected chi connectivity index (χ0v) is 13.3. The summed E-state index contributed by atoms with van der Waals surface area (Å²) in [4.78, 5) is 14.8. The Kier molecular flexibility index (Phi) is 4.52. The third-order valence-electron chi connectivity index (χ3n) is 4.74. The number of benzene rings is 1. The minimum Gasteiger partial charge on any atom is -0.493 e. The Morgan fingerprint density at radius 1 is 1.23 bits per heavy atom. The average Bonchev–Trinajstić information content (AvgIpc) is 3.24. The molecule has 0 saturated carbocycles. The minimum atomic E-state index is 0.140. The molecule has 2 aliphatic heterocycles. The molecule has 2 atom stereocenters. The first-order valence-electron chi connectivity index (χ1n) is 7.97. The Hall–Kier alpha value is -1.75. The highest BCUT2D eigenvalue weighted by molar-refractivity contribution is 5.80. The van der Waals surface area contributed by atoms with Crippen molar-refractivity contribution in [2.24, 2.45) is 5.92 Å². The fourth-order valence-electron chi connectivity index (χ4n) is 3.54. The van der Waals surface area contributed by atoms with Crippen LogP contribution in [0.3, 0.4) is 0 Å². The lowest BCUT2D eigenvalue weighted by Gasteiger charge is -2.28. The van der Waals surface area contributed by atoms with E-state index in [1.165, 1.54) is 0 Å². The number of nitrogens with zero attached hydrogens (tertiary/aromatic N) is 1. The summed E-state index contributed by atoms with van der Waals surface area (Å²) in [6, 6.07) is 6.13. The number of rotatable bonds is 4. The Morgan fingerprint density at radius 3 is 2.73 bits per heavy atom. The lowest BCUT2D eigenvalue weighted by Crippen LogP contribution is -2.36. The number of methoxy groups -OCH3 is 2. The molecule has 2 fully saturated rings. The summed E-state index contributed by atoms with van der Waals surface area (Å²) in [6.45, 7) is 2.62. The lowest BCUT2D eigenvalue weighted by atomic mass is 10.0. The van der Waals surface area contributed by atoms with Crippen LogP contribution < -0.4 is 14.8 Å². The van der Waals surface area contributed by atoms with Crippen LogP contribution >= 0.6 is 0 Å². The van der Waals surface area contributed by atoms with E-state index in [1.807, 2.05) is 18.2 Å². The number of carbonyl (C=O) groups is 1. The smallest absolute Gasteiger partial charge is 0.227 e. The average molecular weight is 304 g/mol. The van der Waals surface area contributed by atoms with E-state index in [0.29, 0.717) is 5.91 Å². The fourth-order valence-corrected chi connectivity index (χ4v) is 3.54. The Morgan fingerprint density at radius 2 is 2.05 bits per heavy atom. The van der Waals surface area contributed by atoms with Crippen molar-refractivity contribution in [2.75, 3.05) is 33.9 Å². The van der Waals surface area contributed by atoms with Gasteiger partial charge in [0, 0.05) is 13.1 Å². The Balaban J connectivity index is 1.82. The van der Waals surface area contributed by atoms with Crippen molar-refractivity contribution in [3.63, 3.8) is 0 Å². The van der Waals surface area contributed by atoms with Crippen molar-refractivity contribution >= 4 is 5.91 Å². The summed E-state index contributed by atoms with van der Waals surface area (Å²) in [7, 11) is 3.28. The predicted octanol–water partition coefficient (Wildman–Crippen LogP) is 1.98. The molecule has 0 spiro atoms. The van der Waals surface area contributed by atoms with Crippen molar-refractivity contribution in [1.82, 2.24) is 10.2 Å². The SMILES string of the molecule is COc1ccc([C@@H]2CCCN2C(=O)[C@@H]2CCNC2)cc1OC. The van der Waals surface area contributed by atoms with Gasteiger partial charge in [0.2, 0.25) is 5.91 Å². The standard InChI is InChI=1S/C17H24N2O3/c1-21-15-6-5-12(10-16(15)22-2)14-4-3-9-19(14)17(20)13-7-8-18-11-13/h5-6,10,13-14,18H,3-4,7-9,11H2,1-2H3/t13-,14+/m1/s1. The molecule has 2 saturated heterocycles. The highest BCUT2D eigenvalue weighted by Gasteiger charge is 2.35. The normalized spacial score (nSPS) is 24.5. The van der Waals surface area contributed by atoms with Crippen LogP contribution in [-0.4, -0.2) is 44.7 Å². The molecule has 5 heteroatoms. The predicted molar refractivity (Wildman–Crippen MR) is 84.2 cm³/mol. The van der Waals surface area contributed by atoms with E-state index in [0.717, 1.165) is 56.0 Å². The highest BCUT2D eigenvalue weighted by atomic mass is 16.5. The molecule has 3 rings (SSSR count). The molecule has 0 unspecified atom stereocenters. The summed E-state index contributed by atoms with van der Waals surface area (Å²) in [5.41, 5.74) is 1.13. The number of carbonyl (C=O) groups excluding carboxylic acids is 1. The maximum absolute atomic E-state index is 12.7. The molecule has 2 heterocycles. The van der Waals surface area contributed by atoms with Gasteiger partial charge in [0.05, 0.1) is 26.2 Å². The van der Waals surface area contributed by atoms with Gasteiger partial charge in [-0.25, -0.2) is 0 Å². The second-order valence-electron chi connectivity index (χ2n) is 5.99. The highest BCUT2D eigenvalue weighted by Crippen LogP contribution is 2.37. The Labute approximate surface area is 131 Å². The van der Waals surface area contributed by atoms with Gasteiger partial charge in [0.25, 0.3) is 0 Å². The van der Waals surface area contributed by atoms with Gasteiger partial charge in [-0.05, 0) is 43.5 Å². The quantitative estimate of drug-likeness (QED) is 0.924. The van der Waals surface area contributed by atoms with Crippen molar-refractivity contribution < 1.29 is 14.3 Å². The first kappa shape index (κ1) is 15.2. The van der Waals surface area contributed by atoms with E-state index in [4.69, 9.17) is 9.47 Å². The van der Waals surface area contributed by atoms with Crippen LogP contribution in [0, 0.1) is 5.92 Å². The number of ether oxygens (including phenoxy) is 2. The van der Waals surface area contributed by atoms with E-state index in [1.54, 1.807) is 14.2 Å². The van der Waals surface area contributed by atoms with Crippen LogP contribution in [0.15, 0.2) is 18.2 Å². The van der Waals surface area contributed by atoms with Crippen LogP contribution in [0.2, 0.25) is 0 Å². The minimum absolute atomic E-state index is 0.140. The first-order chi connectivity index (χ1) is 10.7. The summed E-state index contributed by atoms with van der Waals surface area (Å²) < 4.78 is 10.7. The molecule has 1 amide bonds. The fraction of sp³-hybridized carbons (Fsp3) is 0.588. The molecular formula is C17H24N2O3. The molecule has 1 aromatic carbocycles. The molecular weight excluding hydrogens is 280 g/mol. The van der Waals surface area contributed by atoms with Gasteiger partial charge in [-0.2, -0.15) is 0 Å². The van der Waals surface area contributed by atoms with Gasteiger partial charge >= 0.3 is 0 Å². The maximum atomic E-state index is 12.7. The van der Waals surface area contributed by atoms with E-state index >= 15 is 0 Å². The van der Waals surface area contributed by atoms with Crippen LogP contribution in [0.5, 0.6) is 11.5 Å². The monoisotopic (exact) mass is 304 g/mol. The van der Waals surface area contributed by atoms with Crippen molar-refractivity contribution in [3.8, 4) is 11.5 Å². The third-order valence-corrected chi connectivity index (χ3v) is 4.74. The summed E-state index contributed by atoms with van der Waals surface area (Å²) >= 11 is 0. The second kappa shape index (κ2) is 6.57. The number of likely N-dealkylation sites (tertiary alicyclic amines) is 1. The van der Waals surface area contributed by atoms with Gasteiger partial charge < -0.3 is 19.7 Å². The number of hydrogen-bond acceptors (Lipinski definition) is 4. The van der Waals surface area contributed by atoms with Crippen molar-refractivity contribution in [3.05, 3.63) is 23.8 Å². The molecule has 0 bridgehead atoms. The van der Waals surface area contributed by atoms with Crippen LogP contribution in [0.4, 0.5) is 0 Å². The maximum Gasteiger partial charge on any atom is 0.227 e. The van der Waals surface area contributed by atoms with Gasteiger partial charge in [-0.3, -0.25) is 4.79 Å². The van der Waals surface area contributed by atoms with Gasteiger partial charge in [-0.15, -0.1) is 0 Å². The number of amides is 1. The summed E-state index contributed by atoms with van der Waals surface area (Å²) in [5, 5.41) is 3.28. The van der Waals surface area contributed by atoms with Gasteiger partial charge in [0.1, 0.15) is 0 Å². The van der Waals surface area contributed by atoms with Crippen LogP contribution in [-0.2, 0) is 4.79 Å². The molecule has 2 aliphatic rings. The molecule has 0 radical (unpaired) electrons. The lowest BCUT2D eigenvalue weighted by molar-refractivity contribution is -0.135. The van der Waals surface area contributed by atoms with Crippen molar-refractivity contribution in [1.29, 1.82) is 0 Å². The topological polar surface area (TPSA) is 50.8 Å². The van der Waals surface area contributed by atoms with Gasteiger partial charge in [-0.1, -0.05) is 6.07 Å². The number of nitrogens with one attached hydrogen (secondary N) is 1. The third kappa shape index (κ3) is 2.77. The molecule has 0 aromatic heterocycles. The first-order valence-corrected chi connectivity index (χ1v) is 7.97.